The highest BCUT2D eigenvalue weighted by molar-refractivity contribution is 5.88. The molecule has 0 radical (unpaired) electrons. The summed E-state index contributed by atoms with van der Waals surface area (Å²) in [6, 6.07) is 19.6. The third kappa shape index (κ3) is 3.74. The zero-order chi connectivity index (χ0) is 17.8. The van der Waals surface area contributed by atoms with Gasteiger partial charge >= 0.3 is 6.09 Å². The average Bonchev–Trinajstić information content (AvgIpc) is 2.61. The quantitative estimate of drug-likeness (QED) is 0.533. The third-order valence-corrected chi connectivity index (χ3v) is 3.86. The molecule has 1 atom stereocenters. The van der Waals surface area contributed by atoms with E-state index >= 15 is 0 Å². The molecular formula is C19H16N2O4. The summed E-state index contributed by atoms with van der Waals surface area (Å²) < 4.78 is 5.35. The maximum absolute atomic E-state index is 12.1. The summed E-state index contributed by atoms with van der Waals surface area (Å²) in [5.74, 6) is 0. The molecule has 0 aliphatic heterocycles. The van der Waals surface area contributed by atoms with E-state index in [1.807, 2.05) is 42.5 Å². The van der Waals surface area contributed by atoms with Crippen molar-refractivity contribution in [3.8, 4) is 0 Å². The number of nitrogens with zero attached hydrogens (tertiary/aromatic N) is 1. The lowest BCUT2D eigenvalue weighted by atomic mass is 10.0. The molecule has 0 bridgehead atoms. The number of anilines is 1. The normalized spacial score (nSPS) is 11.7. The number of para-hydroxylation sites is 2. The van der Waals surface area contributed by atoms with Crippen LogP contribution in [0.1, 0.15) is 18.6 Å². The number of rotatable bonds is 4. The standard InChI is InChI=1S/C19H16N2O4/c1-13(15-11-10-14-6-2-3-7-16(14)12-15)25-19(22)20-17-8-4-5-9-18(17)21(23)24/h2-13H,1H3,(H,20,22)/t13-/m1/s1. The maximum Gasteiger partial charge on any atom is 0.412 e. The summed E-state index contributed by atoms with van der Waals surface area (Å²) in [5, 5.41) is 15.6. The van der Waals surface area contributed by atoms with Crippen molar-refractivity contribution < 1.29 is 14.5 Å². The molecule has 0 spiro atoms. The van der Waals surface area contributed by atoms with Crippen LogP contribution in [-0.4, -0.2) is 11.0 Å². The van der Waals surface area contributed by atoms with Gasteiger partial charge in [0.05, 0.1) is 4.92 Å². The summed E-state index contributed by atoms with van der Waals surface area (Å²) in [4.78, 5) is 22.5. The van der Waals surface area contributed by atoms with Crippen LogP contribution in [0.25, 0.3) is 10.8 Å². The summed E-state index contributed by atoms with van der Waals surface area (Å²) in [5.41, 5.74) is 0.762. The number of hydrogen-bond acceptors (Lipinski definition) is 4. The zero-order valence-corrected chi connectivity index (χ0v) is 13.5. The van der Waals surface area contributed by atoms with Gasteiger partial charge in [-0.1, -0.05) is 48.5 Å². The molecule has 0 unspecified atom stereocenters. The summed E-state index contributed by atoms with van der Waals surface area (Å²) in [7, 11) is 0. The molecule has 0 saturated carbocycles. The molecule has 126 valence electrons. The molecule has 1 amide bonds. The summed E-state index contributed by atoms with van der Waals surface area (Å²) in [6.07, 6.45) is -1.23. The first-order valence-corrected chi connectivity index (χ1v) is 7.74. The van der Waals surface area contributed by atoms with Crippen LogP contribution in [0.2, 0.25) is 0 Å². The Balaban J connectivity index is 1.73. The van der Waals surface area contributed by atoms with Crippen LogP contribution in [0.15, 0.2) is 66.7 Å². The fourth-order valence-electron chi connectivity index (χ4n) is 2.57. The van der Waals surface area contributed by atoms with Crippen LogP contribution in [0.5, 0.6) is 0 Å². The van der Waals surface area contributed by atoms with Crippen molar-refractivity contribution >= 4 is 28.2 Å². The van der Waals surface area contributed by atoms with Crippen LogP contribution in [0, 0.1) is 10.1 Å². The number of carbonyl (C=O) groups is 1. The van der Waals surface area contributed by atoms with E-state index in [0.29, 0.717) is 0 Å². The van der Waals surface area contributed by atoms with Gasteiger partial charge in [0.15, 0.2) is 0 Å². The number of hydrogen-bond donors (Lipinski definition) is 1. The highest BCUT2D eigenvalue weighted by Gasteiger charge is 2.17. The monoisotopic (exact) mass is 336 g/mol. The zero-order valence-electron chi connectivity index (χ0n) is 13.5. The topological polar surface area (TPSA) is 81.5 Å². The van der Waals surface area contributed by atoms with Gasteiger partial charge in [0, 0.05) is 6.07 Å². The van der Waals surface area contributed by atoms with Crippen LogP contribution in [0.4, 0.5) is 16.2 Å². The molecule has 3 aromatic carbocycles. The molecule has 0 saturated heterocycles. The Morgan fingerprint density at radius 1 is 1.04 bits per heavy atom. The number of nitro benzene ring substituents is 1. The minimum atomic E-state index is -0.741. The Hall–Kier alpha value is -3.41. The van der Waals surface area contributed by atoms with E-state index in [4.69, 9.17) is 4.74 Å². The van der Waals surface area contributed by atoms with Crippen molar-refractivity contribution in [2.75, 3.05) is 5.32 Å². The predicted molar refractivity (Wildman–Crippen MR) is 95.6 cm³/mol. The Kier molecular flexibility index (Phi) is 4.61. The van der Waals surface area contributed by atoms with Crippen molar-refractivity contribution in [3.63, 3.8) is 0 Å². The van der Waals surface area contributed by atoms with Gasteiger partial charge in [0.25, 0.3) is 5.69 Å². The molecule has 0 aliphatic carbocycles. The van der Waals surface area contributed by atoms with Gasteiger partial charge in [-0.05, 0) is 35.4 Å². The smallest absolute Gasteiger partial charge is 0.412 e. The summed E-state index contributed by atoms with van der Waals surface area (Å²) in [6.45, 7) is 1.75. The number of ether oxygens (including phenoxy) is 1. The highest BCUT2D eigenvalue weighted by atomic mass is 16.6. The Morgan fingerprint density at radius 2 is 1.72 bits per heavy atom. The van der Waals surface area contributed by atoms with Crippen LogP contribution in [0.3, 0.4) is 0 Å². The summed E-state index contributed by atoms with van der Waals surface area (Å²) >= 11 is 0. The molecular weight excluding hydrogens is 320 g/mol. The van der Waals surface area contributed by atoms with Gasteiger partial charge < -0.3 is 4.74 Å². The van der Waals surface area contributed by atoms with Crippen molar-refractivity contribution in [3.05, 3.63) is 82.4 Å². The van der Waals surface area contributed by atoms with Gasteiger partial charge in [-0.2, -0.15) is 0 Å². The molecule has 3 rings (SSSR count). The fraction of sp³-hybridized carbons (Fsp3) is 0.105. The first-order chi connectivity index (χ1) is 12.0. The molecule has 6 heteroatoms. The van der Waals surface area contributed by atoms with Gasteiger partial charge in [0.1, 0.15) is 11.8 Å². The molecule has 0 aromatic heterocycles. The Bertz CT molecular complexity index is 939. The van der Waals surface area contributed by atoms with E-state index in [1.54, 1.807) is 13.0 Å². The van der Waals surface area contributed by atoms with Crippen LogP contribution >= 0.6 is 0 Å². The van der Waals surface area contributed by atoms with E-state index in [1.165, 1.54) is 18.2 Å². The fourth-order valence-corrected chi connectivity index (χ4v) is 2.57. The molecule has 0 heterocycles. The molecule has 6 nitrogen and oxygen atoms in total. The molecule has 0 fully saturated rings. The van der Waals surface area contributed by atoms with Gasteiger partial charge in [-0.25, -0.2) is 4.79 Å². The second-order valence-electron chi connectivity index (χ2n) is 5.55. The average molecular weight is 336 g/mol. The number of carbonyl (C=O) groups excluding carboxylic acids is 1. The van der Waals surface area contributed by atoms with E-state index in [2.05, 4.69) is 5.32 Å². The van der Waals surface area contributed by atoms with Crippen molar-refractivity contribution in [2.24, 2.45) is 0 Å². The Morgan fingerprint density at radius 3 is 2.48 bits per heavy atom. The largest absolute Gasteiger partial charge is 0.441 e. The Labute approximate surface area is 144 Å². The molecule has 3 aromatic rings. The van der Waals surface area contributed by atoms with Crippen molar-refractivity contribution in [1.82, 2.24) is 0 Å². The van der Waals surface area contributed by atoms with Crippen LogP contribution in [-0.2, 0) is 4.74 Å². The van der Waals surface area contributed by atoms with Gasteiger partial charge in [-0.3, -0.25) is 15.4 Å². The first-order valence-electron chi connectivity index (χ1n) is 7.74. The van der Waals surface area contributed by atoms with Gasteiger partial charge in [0.2, 0.25) is 0 Å². The maximum atomic E-state index is 12.1. The first kappa shape index (κ1) is 16.4. The molecule has 1 N–H and O–H groups in total. The molecule has 0 aliphatic rings. The van der Waals surface area contributed by atoms with E-state index in [-0.39, 0.29) is 11.4 Å². The lowest BCUT2D eigenvalue weighted by Crippen LogP contribution is -2.16. The van der Waals surface area contributed by atoms with Crippen molar-refractivity contribution in [2.45, 2.75) is 13.0 Å². The third-order valence-electron chi connectivity index (χ3n) is 3.86. The SMILES string of the molecule is C[C@@H](OC(=O)Nc1ccccc1[N+](=O)[O-])c1ccc2ccccc2c1. The predicted octanol–water partition coefficient (Wildman–Crippen LogP) is 5.06. The van der Waals surface area contributed by atoms with Crippen LogP contribution < -0.4 is 5.32 Å². The number of fused-ring (bicyclic) bond motifs is 1. The lowest BCUT2D eigenvalue weighted by molar-refractivity contribution is -0.383. The highest BCUT2D eigenvalue weighted by Crippen LogP contribution is 2.25. The molecule has 25 heavy (non-hydrogen) atoms. The van der Waals surface area contributed by atoms with Crippen molar-refractivity contribution in [1.29, 1.82) is 0 Å². The second kappa shape index (κ2) is 7.00. The number of nitro groups is 1. The number of amides is 1. The van der Waals surface area contributed by atoms with E-state index in [0.717, 1.165) is 16.3 Å². The number of nitrogens with one attached hydrogen (secondary N) is 1. The number of benzene rings is 3. The van der Waals surface area contributed by atoms with E-state index < -0.39 is 17.1 Å². The minimum Gasteiger partial charge on any atom is -0.441 e. The second-order valence-corrected chi connectivity index (χ2v) is 5.55. The van der Waals surface area contributed by atoms with E-state index in [9.17, 15) is 14.9 Å². The van der Waals surface area contributed by atoms with Gasteiger partial charge in [-0.15, -0.1) is 0 Å². The minimum absolute atomic E-state index is 0.100. The lowest BCUT2D eigenvalue weighted by Gasteiger charge is -2.15.